The fraction of sp³-hybridized carbons (Fsp3) is 0.562. The fourth-order valence-corrected chi connectivity index (χ4v) is 2.85. The van der Waals surface area contributed by atoms with Gasteiger partial charge in [-0.2, -0.15) is 0 Å². The van der Waals surface area contributed by atoms with Crippen molar-refractivity contribution in [3.63, 3.8) is 0 Å². The van der Waals surface area contributed by atoms with Crippen molar-refractivity contribution in [3.05, 3.63) is 30.3 Å². The predicted molar refractivity (Wildman–Crippen MR) is 79.2 cm³/mol. The first-order valence-electron chi connectivity index (χ1n) is 7.38. The maximum atomic E-state index is 12.1. The molecule has 0 heterocycles. The van der Waals surface area contributed by atoms with Crippen molar-refractivity contribution in [1.29, 1.82) is 0 Å². The standard InChI is InChI=1S/C16H24N2O/c1-2-18(15-11-7-4-8-12-15)13-16(19)17-14-9-5-3-6-10-14/h3,5-6,9-10,15H,2,4,7-8,11-13H2,1H3,(H,17,19). The van der Waals surface area contributed by atoms with Crippen LogP contribution >= 0.6 is 0 Å². The van der Waals surface area contributed by atoms with E-state index in [0.29, 0.717) is 12.6 Å². The Hall–Kier alpha value is -1.35. The van der Waals surface area contributed by atoms with Gasteiger partial charge in [-0.3, -0.25) is 9.69 Å². The normalized spacial score (nSPS) is 16.5. The Morgan fingerprint density at radius 3 is 2.53 bits per heavy atom. The maximum absolute atomic E-state index is 12.1. The van der Waals surface area contributed by atoms with Gasteiger partial charge in [0.05, 0.1) is 6.54 Å². The van der Waals surface area contributed by atoms with Crippen molar-refractivity contribution in [1.82, 2.24) is 4.90 Å². The Bertz CT molecular complexity index is 385. The molecule has 104 valence electrons. The molecular weight excluding hydrogens is 236 g/mol. The van der Waals surface area contributed by atoms with E-state index in [1.54, 1.807) is 0 Å². The smallest absolute Gasteiger partial charge is 0.238 e. The Morgan fingerprint density at radius 1 is 1.21 bits per heavy atom. The molecule has 0 aromatic heterocycles. The van der Waals surface area contributed by atoms with Crippen LogP contribution in [0.4, 0.5) is 5.69 Å². The fourth-order valence-electron chi connectivity index (χ4n) is 2.85. The zero-order valence-corrected chi connectivity index (χ0v) is 11.8. The van der Waals surface area contributed by atoms with E-state index < -0.39 is 0 Å². The molecule has 1 saturated carbocycles. The van der Waals surface area contributed by atoms with Crippen molar-refractivity contribution in [2.45, 2.75) is 45.1 Å². The minimum absolute atomic E-state index is 0.0959. The van der Waals surface area contributed by atoms with E-state index in [4.69, 9.17) is 0 Å². The van der Waals surface area contributed by atoms with Crippen LogP contribution in [0.3, 0.4) is 0 Å². The van der Waals surface area contributed by atoms with Crippen LogP contribution in [0.15, 0.2) is 30.3 Å². The van der Waals surface area contributed by atoms with Gasteiger partial charge < -0.3 is 5.32 Å². The molecule has 1 N–H and O–H groups in total. The molecule has 1 fully saturated rings. The summed E-state index contributed by atoms with van der Waals surface area (Å²) in [5.41, 5.74) is 0.882. The lowest BCUT2D eigenvalue weighted by molar-refractivity contribution is -0.118. The van der Waals surface area contributed by atoms with Gasteiger partial charge in [-0.15, -0.1) is 0 Å². The molecule has 0 saturated heterocycles. The number of likely N-dealkylation sites (N-methyl/N-ethyl adjacent to an activating group) is 1. The Labute approximate surface area is 116 Å². The van der Waals surface area contributed by atoms with Gasteiger partial charge >= 0.3 is 0 Å². The van der Waals surface area contributed by atoms with E-state index in [1.807, 2.05) is 30.3 Å². The molecule has 0 unspecified atom stereocenters. The number of nitrogens with one attached hydrogen (secondary N) is 1. The molecule has 0 aliphatic heterocycles. The third kappa shape index (κ3) is 4.35. The lowest BCUT2D eigenvalue weighted by Crippen LogP contribution is -2.41. The highest BCUT2D eigenvalue weighted by molar-refractivity contribution is 5.92. The Morgan fingerprint density at radius 2 is 1.89 bits per heavy atom. The minimum Gasteiger partial charge on any atom is -0.325 e. The van der Waals surface area contributed by atoms with Gasteiger partial charge in [-0.1, -0.05) is 44.4 Å². The first-order valence-corrected chi connectivity index (χ1v) is 7.38. The summed E-state index contributed by atoms with van der Waals surface area (Å²) in [6.45, 7) is 3.60. The topological polar surface area (TPSA) is 32.3 Å². The van der Waals surface area contributed by atoms with Crippen LogP contribution < -0.4 is 5.32 Å². The molecule has 2 rings (SSSR count). The van der Waals surface area contributed by atoms with Gasteiger partial charge in [0.1, 0.15) is 0 Å². The summed E-state index contributed by atoms with van der Waals surface area (Å²) < 4.78 is 0. The zero-order chi connectivity index (χ0) is 13.5. The number of carbonyl (C=O) groups is 1. The summed E-state index contributed by atoms with van der Waals surface area (Å²) in [7, 11) is 0. The summed E-state index contributed by atoms with van der Waals surface area (Å²) in [5, 5.41) is 2.97. The molecule has 0 atom stereocenters. The van der Waals surface area contributed by atoms with E-state index in [0.717, 1.165) is 12.2 Å². The Balaban J connectivity index is 1.85. The molecule has 1 aromatic carbocycles. The third-order valence-corrected chi connectivity index (χ3v) is 3.90. The summed E-state index contributed by atoms with van der Waals surface area (Å²) in [6.07, 6.45) is 6.45. The molecular formula is C16H24N2O. The number of benzene rings is 1. The first-order chi connectivity index (χ1) is 9.29. The van der Waals surface area contributed by atoms with E-state index >= 15 is 0 Å². The van der Waals surface area contributed by atoms with Crippen LogP contribution in [0.1, 0.15) is 39.0 Å². The Kier molecular flexibility index (Phi) is 5.40. The van der Waals surface area contributed by atoms with Gasteiger partial charge in [-0.25, -0.2) is 0 Å². The molecule has 0 bridgehead atoms. The van der Waals surface area contributed by atoms with Crippen molar-refractivity contribution in [2.75, 3.05) is 18.4 Å². The van der Waals surface area contributed by atoms with Crippen LogP contribution in [0.25, 0.3) is 0 Å². The highest BCUT2D eigenvalue weighted by atomic mass is 16.2. The SMILES string of the molecule is CCN(CC(=O)Nc1ccccc1)C1CCCCC1. The van der Waals surface area contributed by atoms with Gasteiger partial charge in [0.15, 0.2) is 0 Å². The largest absolute Gasteiger partial charge is 0.325 e. The number of nitrogens with zero attached hydrogens (tertiary/aromatic N) is 1. The number of hydrogen-bond donors (Lipinski definition) is 1. The molecule has 1 aliphatic carbocycles. The number of amides is 1. The highest BCUT2D eigenvalue weighted by Crippen LogP contribution is 2.22. The number of anilines is 1. The summed E-state index contributed by atoms with van der Waals surface area (Å²) in [6, 6.07) is 10.3. The average molecular weight is 260 g/mol. The van der Waals surface area contributed by atoms with E-state index in [2.05, 4.69) is 17.1 Å². The zero-order valence-electron chi connectivity index (χ0n) is 11.8. The lowest BCUT2D eigenvalue weighted by Gasteiger charge is -2.32. The molecule has 1 aromatic rings. The second-order valence-electron chi connectivity index (χ2n) is 5.27. The van der Waals surface area contributed by atoms with E-state index in [-0.39, 0.29) is 5.91 Å². The molecule has 3 nitrogen and oxygen atoms in total. The summed E-state index contributed by atoms with van der Waals surface area (Å²) >= 11 is 0. The monoisotopic (exact) mass is 260 g/mol. The quantitative estimate of drug-likeness (QED) is 0.881. The molecule has 19 heavy (non-hydrogen) atoms. The van der Waals surface area contributed by atoms with Crippen molar-refractivity contribution < 1.29 is 4.79 Å². The van der Waals surface area contributed by atoms with Gasteiger partial charge in [0.2, 0.25) is 5.91 Å². The van der Waals surface area contributed by atoms with Crippen LogP contribution in [0.5, 0.6) is 0 Å². The van der Waals surface area contributed by atoms with Crippen LogP contribution in [0.2, 0.25) is 0 Å². The second-order valence-corrected chi connectivity index (χ2v) is 5.27. The number of hydrogen-bond acceptors (Lipinski definition) is 2. The van der Waals surface area contributed by atoms with Crippen LogP contribution in [-0.2, 0) is 4.79 Å². The summed E-state index contributed by atoms with van der Waals surface area (Å²) in [5.74, 6) is 0.0959. The van der Waals surface area contributed by atoms with E-state index in [1.165, 1.54) is 32.1 Å². The summed E-state index contributed by atoms with van der Waals surface area (Å²) in [4.78, 5) is 14.4. The third-order valence-electron chi connectivity index (χ3n) is 3.90. The molecule has 3 heteroatoms. The molecule has 0 spiro atoms. The van der Waals surface area contributed by atoms with Gasteiger partial charge in [-0.05, 0) is 31.5 Å². The highest BCUT2D eigenvalue weighted by Gasteiger charge is 2.21. The second kappa shape index (κ2) is 7.29. The van der Waals surface area contributed by atoms with Crippen LogP contribution in [0, 0.1) is 0 Å². The van der Waals surface area contributed by atoms with Crippen molar-refractivity contribution in [3.8, 4) is 0 Å². The molecule has 0 radical (unpaired) electrons. The average Bonchev–Trinajstić information content (AvgIpc) is 2.47. The predicted octanol–water partition coefficient (Wildman–Crippen LogP) is 3.28. The van der Waals surface area contributed by atoms with Crippen LogP contribution in [-0.4, -0.2) is 29.9 Å². The van der Waals surface area contributed by atoms with Crippen molar-refractivity contribution >= 4 is 11.6 Å². The maximum Gasteiger partial charge on any atom is 0.238 e. The van der Waals surface area contributed by atoms with Crippen molar-refractivity contribution in [2.24, 2.45) is 0 Å². The molecule has 1 aliphatic rings. The van der Waals surface area contributed by atoms with Gasteiger partial charge in [0.25, 0.3) is 0 Å². The van der Waals surface area contributed by atoms with Gasteiger partial charge in [0, 0.05) is 11.7 Å². The number of carbonyl (C=O) groups excluding carboxylic acids is 1. The molecule has 1 amide bonds. The minimum atomic E-state index is 0.0959. The lowest BCUT2D eigenvalue weighted by atomic mass is 9.94. The number of rotatable bonds is 5. The number of para-hydroxylation sites is 1. The first kappa shape index (κ1) is 14.1. The van der Waals surface area contributed by atoms with E-state index in [9.17, 15) is 4.79 Å².